The summed E-state index contributed by atoms with van der Waals surface area (Å²) >= 11 is 0. The second-order valence-corrected chi connectivity index (χ2v) is 10.1. The summed E-state index contributed by atoms with van der Waals surface area (Å²) in [4.78, 5) is 27.3. The Kier molecular flexibility index (Phi) is 5.29. The van der Waals surface area contributed by atoms with E-state index < -0.39 is 15.8 Å². The van der Waals surface area contributed by atoms with Crippen molar-refractivity contribution in [1.29, 1.82) is 0 Å². The van der Waals surface area contributed by atoms with E-state index in [-0.39, 0.29) is 35.0 Å². The zero-order valence-electron chi connectivity index (χ0n) is 16.8. The largest absolute Gasteiger partial charge is 0.420 e. The van der Waals surface area contributed by atoms with Crippen molar-refractivity contribution in [2.24, 2.45) is 0 Å². The third-order valence-electron chi connectivity index (χ3n) is 6.12. The third-order valence-corrected chi connectivity index (χ3v) is 8.01. The lowest BCUT2D eigenvalue weighted by Crippen LogP contribution is -2.49. The molecule has 2 aromatic rings. The molecule has 9 heteroatoms. The van der Waals surface area contributed by atoms with Gasteiger partial charge in [-0.3, -0.25) is 9.36 Å². The minimum Gasteiger partial charge on any atom is -0.408 e. The Hall–Kier alpha value is -2.13. The van der Waals surface area contributed by atoms with Gasteiger partial charge in [0.2, 0.25) is 15.9 Å². The van der Waals surface area contributed by atoms with E-state index in [4.69, 9.17) is 4.42 Å². The van der Waals surface area contributed by atoms with Gasteiger partial charge in [-0.2, -0.15) is 4.31 Å². The molecule has 0 aliphatic carbocycles. The van der Waals surface area contributed by atoms with Crippen LogP contribution in [0.25, 0.3) is 11.1 Å². The number of hydrogen-bond acceptors (Lipinski definition) is 5. The Morgan fingerprint density at radius 1 is 1.10 bits per heavy atom. The number of amides is 1. The van der Waals surface area contributed by atoms with Crippen LogP contribution in [-0.4, -0.2) is 53.3 Å². The van der Waals surface area contributed by atoms with Crippen LogP contribution in [0.3, 0.4) is 0 Å². The van der Waals surface area contributed by atoms with Gasteiger partial charge in [0, 0.05) is 31.2 Å². The van der Waals surface area contributed by atoms with E-state index in [0.717, 1.165) is 32.1 Å². The molecular weight excluding hydrogens is 394 g/mol. The molecule has 2 aliphatic heterocycles. The van der Waals surface area contributed by atoms with Gasteiger partial charge in [0.05, 0.1) is 10.4 Å². The quantitative estimate of drug-likeness (QED) is 0.754. The molecule has 29 heavy (non-hydrogen) atoms. The first-order valence-corrected chi connectivity index (χ1v) is 11.7. The molecule has 0 N–H and O–H groups in total. The standard InChI is InChI=1S/C20H27N3O5S/c1-14-6-5-7-15(2)23(14)19(24)13-22-17-9-8-16(12-18(17)28-20(22)25)29(26,27)21-10-3-4-11-21/h8-9,12,14-15H,3-7,10-11,13H2,1-2H3. The highest BCUT2D eigenvalue weighted by molar-refractivity contribution is 7.89. The molecule has 8 nitrogen and oxygen atoms in total. The van der Waals surface area contributed by atoms with Gasteiger partial charge in [-0.1, -0.05) is 0 Å². The Bertz CT molecular complexity index is 1070. The lowest BCUT2D eigenvalue weighted by Gasteiger charge is -2.39. The van der Waals surface area contributed by atoms with Crippen molar-refractivity contribution >= 4 is 27.0 Å². The maximum Gasteiger partial charge on any atom is 0.420 e. The van der Waals surface area contributed by atoms with Crippen LogP contribution < -0.4 is 5.76 Å². The first kappa shape index (κ1) is 20.2. The number of nitrogens with zero attached hydrogens (tertiary/aromatic N) is 3. The molecule has 2 fully saturated rings. The number of fused-ring (bicyclic) bond motifs is 1. The van der Waals surface area contributed by atoms with Gasteiger partial charge in [-0.15, -0.1) is 0 Å². The minimum absolute atomic E-state index is 0.109. The van der Waals surface area contributed by atoms with Crippen LogP contribution in [-0.2, 0) is 21.4 Å². The monoisotopic (exact) mass is 421 g/mol. The summed E-state index contributed by atoms with van der Waals surface area (Å²) in [5, 5.41) is 0. The number of oxazole rings is 1. The fraction of sp³-hybridized carbons (Fsp3) is 0.600. The summed E-state index contributed by atoms with van der Waals surface area (Å²) in [6.07, 6.45) is 4.70. The molecular formula is C20H27N3O5S. The Morgan fingerprint density at radius 3 is 2.41 bits per heavy atom. The fourth-order valence-electron chi connectivity index (χ4n) is 4.56. The van der Waals surface area contributed by atoms with Gasteiger partial charge in [-0.05, 0) is 58.1 Å². The number of likely N-dealkylation sites (tertiary alicyclic amines) is 1. The van der Waals surface area contributed by atoms with Crippen molar-refractivity contribution in [3.05, 3.63) is 28.7 Å². The Labute approximate surface area is 170 Å². The highest BCUT2D eigenvalue weighted by Crippen LogP contribution is 2.26. The molecule has 0 saturated carbocycles. The second kappa shape index (κ2) is 7.60. The van der Waals surface area contributed by atoms with E-state index in [1.807, 2.05) is 18.7 Å². The maximum absolute atomic E-state index is 12.9. The predicted octanol–water partition coefficient (Wildman–Crippen LogP) is 2.17. The number of rotatable bonds is 4. The van der Waals surface area contributed by atoms with E-state index in [1.165, 1.54) is 21.0 Å². The number of sulfonamides is 1. The average molecular weight is 422 g/mol. The molecule has 4 rings (SSSR count). The molecule has 158 valence electrons. The summed E-state index contributed by atoms with van der Waals surface area (Å²) < 4.78 is 33.6. The van der Waals surface area contributed by atoms with E-state index in [2.05, 4.69) is 0 Å². The number of carbonyl (C=O) groups excluding carboxylic acids is 1. The van der Waals surface area contributed by atoms with Crippen LogP contribution in [0.5, 0.6) is 0 Å². The van der Waals surface area contributed by atoms with Crippen LogP contribution >= 0.6 is 0 Å². The number of hydrogen-bond donors (Lipinski definition) is 0. The van der Waals surface area contributed by atoms with Gasteiger partial charge in [0.15, 0.2) is 5.58 Å². The van der Waals surface area contributed by atoms with Crippen LogP contribution in [0.1, 0.15) is 46.0 Å². The molecule has 2 aliphatic rings. The van der Waals surface area contributed by atoms with Crippen molar-refractivity contribution in [3.8, 4) is 0 Å². The highest BCUT2D eigenvalue weighted by Gasteiger charge is 2.31. The molecule has 2 saturated heterocycles. The average Bonchev–Trinajstić information content (AvgIpc) is 3.30. The van der Waals surface area contributed by atoms with Crippen molar-refractivity contribution in [3.63, 3.8) is 0 Å². The predicted molar refractivity (Wildman–Crippen MR) is 108 cm³/mol. The first-order valence-electron chi connectivity index (χ1n) is 10.2. The molecule has 2 unspecified atom stereocenters. The molecule has 3 heterocycles. The SMILES string of the molecule is CC1CCCC(C)N1C(=O)Cn1c(=O)oc2cc(S(=O)(=O)N3CCCC3)ccc21. The number of carbonyl (C=O) groups is 1. The molecule has 2 atom stereocenters. The van der Waals surface area contributed by atoms with Gasteiger partial charge in [0.1, 0.15) is 6.54 Å². The van der Waals surface area contributed by atoms with Gasteiger partial charge in [-0.25, -0.2) is 13.2 Å². The van der Waals surface area contributed by atoms with Crippen LogP contribution in [0.4, 0.5) is 0 Å². The Morgan fingerprint density at radius 2 is 1.76 bits per heavy atom. The number of aromatic nitrogens is 1. The summed E-state index contributed by atoms with van der Waals surface area (Å²) in [5.74, 6) is -0.773. The topological polar surface area (TPSA) is 92.8 Å². The van der Waals surface area contributed by atoms with Crippen molar-refractivity contribution in [1.82, 2.24) is 13.8 Å². The summed E-state index contributed by atoms with van der Waals surface area (Å²) in [5.41, 5.74) is 0.615. The van der Waals surface area contributed by atoms with Gasteiger partial charge < -0.3 is 9.32 Å². The summed E-state index contributed by atoms with van der Waals surface area (Å²) in [7, 11) is -3.60. The molecule has 0 spiro atoms. The first-order chi connectivity index (χ1) is 13.8. The van der Waals surface area contributed by atoms with Gasteiger partial charge >= 0.3 is 5.76 Å². The molecule has 0 bridgehead atoms. The van der Waals surface area contributed by atoms with E-state index in [9.17, 15) is 18.0 Å². The lowest BCUT2D eigenvalue weighted by atomic mass is 9.97. The number of benzene rings is 1. The second-order valence-electron chi connectivity index (χ2n) is 8.12. The zero-order chi connectivity index (χ0) is 20.8. The minimum atomic E-state index is -3.60. The van der Waals surface area contributed by atoms with Crippen molar-refractivity contribution in [2.75, 3.05) is 13.1 Å². The third kappa shape index (κ3) is 3.61. The number of piperidine rings is 1. The van der Waals surface area contributed by atoms with Gasteiger partial charge in [0.25, 0.3) is 0 Å². The van der Waals surface area contributed by atoms with Crippen LogP contribution in [0, 0.1) is 0 Å². The summed E-state index contributed by atoms with van der Waals surface area (Å²) in [6.45, 7) is 4.95. The molecule has 0 radical (unpaired) electrons. The van der Waals surface area contributed by atoms with Crippen LogP contribution in [0.2, 0.25) is 0 Å². The fourth-order valence-corrected chi connectivity index (χ4v) is 6.10. The summed E-state index contributed by atoms with van der Waals surface area (Å²) in [6, 6.07) is 4.70. The van der Waals surface area contributed by atoms with E-state index in [0.29, 0.717) is 18.6 Å². The Balaban J connectivity index is 1.64. The highest BCUT2D eigenvalue weighted by atomic mass is 32.2. The normalized spacial score (nSPS) is 23.7. The smallest absolute Gasteiger partial charge is 0.408 e. The molecule has 1 amide bonds. The molecule has 1 aromatic heterocycles. The van der Waals surface area contributed by atoms with E-state index >= 15 is 0 Å². The molecule has 1 aromatic carbocycles. The van der Waals surface area contributed by atoms with E-state index in [1.54, 1.807) is 6.07 Å². The van der Waals surface area contributed by atoms with Crippen molar-refractivity contribution < 1.29 is 17.6 Å². The van der Waals surface area contributed by atoms with Crippen LogP contribution in [0.15, 0.2) is 32.3 Å². The maximum atomic E-state index is 12.9. The van der Waals surface area contributed by atoms with Crippen molar-refractivity contribution in [2.45, 2.75) is 69.5 Å². The zero-order valence-corrected chi connectivity index (χ0v) is 17.7. The lowest BCUT2D eigenvalue weighted by molar-refractivity contribution is -0.137.